The van der Waals surface area contributed by atoms with E-state index in [1.165, 1.54) is 32.1 Å². The molecule has 1 N–H and O–H groups in total. The molecule has 0 aromatic rings. The van der Waals surface area contributed by atoms with Crippen molar-refractivity contribution in [1.29, 1.82) is 0 Å². The fourth-order valence-corrected chi connectivity index (χ4v) is 2.35. The normalized spacial score (nSPS) is 22.2. The second-order valence-electron chi connectivity index (χ2n) is 4.55. The maximum atomic E-state index is 9.46. The van der Waals surface area contributed by atoms with Crippen LogP contribution >= 0.6 is 0 Å². The number of aliphatic hydroxyl groups is 1. The fraction of sp³-hybridized carbons (Fsp3) is 1.00. The molecule has 2 heteroatoms. The van der Waals surface area contributed by atoms with Crippen molar-refractivity contribution in [3.05, 3.63) is 0 Å². The summed E-state index contributed by atoms with van der Waals surface area (Å²) in [4.78, 5) is 2.32. The lowest BCUT2D eigenvalue weighted by Crippen LogP contribution is -2.39. The first-order chi connectivity index (χ1) is 6.22. The Morgan fingerprint density at radius 3 is 2.31 bits per heavy atom. The molecule has 78 valence electrons. The molecule has 0 amide bonds. The van der Waals surface area contributed by atoms with Gasteiger partial charge in [0.2, 0.25) is 0 Å². The molecule has 0 aliphatic heterocycles. The minimum absolute atomic E-state index is 0.225. The predicted octanol–water partition coefficient (Wildman–Crippen LogP) is 1.88. The second kappa shape index (κ2) is 4.97. The number of hydrogen-bond donors (Lipinski definition) is 1. The first kappa shape index (κ1) is 11.0. The highest BCUT2D eigenvalue weighted by atomic mass is 16.3. The van der Waals surface area contributed by atoms with E-state index in [1.54, 1.807) is 0 Å². The molecule has 0 bridgehead atoms. The molecule has 0 heterocycles. The Hall–Kier alpha value is -0.0800. The highest BCUT2D eigenvalue weighted by Gasteiger charge is 2.31. The number of rotatable bonds is 4. The monoisotopic (exact) mass is 185 g/mol. The van der Waals surface area contributed by atoms with Crippen LogP contribution < -0.4 is 0 Å². The van der Waals surface area contributed by atoms with Crippen molar-refractivity contribution in [3.8, 4) is 0 Å². The average Bonchev–Trinajstić information content (AvgIpc) is 2.19. The van der Waals surface area contributed by atoms with Crippen LogP contribution in [0.15, 0.2) is 0 Å². The lowest BCUT2D eigenvalue weighted by molar-refractivity contribution is 0.0500. The standard InChI is InChI=1S/C11H23NO/c1-3-12(2)9-11(10-13)7-5-4-6-8-11/h13H,3-10H2,1-2H3. The molecule has 2 nitrogen and oxygen atoms in total. The van der Waals surface area contributed by atoms with Gasteiger partial charge >= 0.3 is 0 Å². The van der Waals surface area contributed by atoms with Gasteiger partial charge in [0, 0.05) is 18.6 Å². The van der Waals surface area contributed by atoms with E-state index in [0.717, 1.165) is 13.1 Å². The number of aliphatic hydroxyl groups excluding tert-OH is 1. The van der Waals surface area contributed by atoms with E-state index >= 15 is 0 Å². The van der Waals surface area contributed by atoms with Crippen LogP contribution in [0.1, 0.15) is 39.0 Å². The highest BCUT2D eigenvalue weighted by Crippen LogP contribution is 2.36. The van der Waals surface area contributed by atoms with Crippen molar-refractivity contribution in [2.75, 3.05) is 26.7 Å². The number of hydrogen-bond acceptors (Lipinski definition) is 2. The van der Waals surface area contributed by atoms with Gasteiger partial charge in [0.15, 0.2) is 0 Å². The zero-order valence-electron chi connectivity index (χ0n) is 9.05. The largest absolute Gasteiger partial charge is 0.396 e. The van der Waals surface area contributed by atoms with Gasteiger partial charge in [-0.25, -0.2) is 0 Å². The molecule has 0 radical (unpaired) electrons. The van der Waals surface area contributed by atoms with Crippen molar-refractivity contribution >= 4 is 0 Å². The summed E-state index contributed by atoms with van der Waals surface area (Å²) in [7, 11) is 2.14. The maximum absolute atomic E-state index is 9.46. The Balaban J connectivity index is 2.47. The zero-order chi connectivity index (χ0) is 9.73. The minimum atomic E-state index is 0.225. The lowest BCUT2D eigenvalue weighted by atomic mass is 9.74. The van der Waals surface area contributed by atoms with Crippen LogP contribution in [0, 0.1) is 5.41 Å². The maximum Gasteiger partial charge on any atom is 0.0499 e. The van der Waals surface area contributed by atoms with E-state index < -0.39 is 0 Å². The Kier molecular flexibility index (Phi) is 4.20. The predicted molar refractivity (Wildman–Crippen MR) is 55.8 cm³/mol. The molecular formula is C11H23NO. The third-order valence-corrected chi connectivity index (χ3v) is 3.39. The summed E-state index contributed by atoms with van der Waals surface area (Å²) in [6, 6.07) is 0. The molecule has 1 fully saturated rings. The summed E-state index contributed by atoms with van der Waals surface area (Å²) < 4.78 is 0. The van der Waals surface area contributed by atoms with E-state index in [4.69, 9.17) is 0 Å². The molecule has 0 spiro atoms. The van der Waals surface area contributed by atoms with Crippen LogP contribution in [-0.2, 0) is 0 Å². The first-order valence-electron chi connectivity index (χ1n) is 5.52. The molecule has 1 aliphatic rings. The van der Waals surface area contributed by atoms with Gasteiger partial charge in [0.25, 0.3) is 0 Å². The quantitative estimate of drug-likeness (QED) is 0.723. The molecule has 1 aliphatic carbocycles. The Morgan fingerprint density at radius 2 is 1.85 bits per heavy atom. The van der Waals surface area contributed by atoms with E-state index in [0.29, 0.717) is 6.61 Å². The molecule has 0 unspecified atom stereocenters. The summed E-state index contributed by atoms with van der Waals surface area (Å²) in [5.74, 6) is 0. The van der Waals surface area contributed by atoms with Crippen molar-refractivity contribution in [2.45, 2.75) is 39.0 Å². The molecule has 0 saturated heterocycles. The smallest absolute Gasteiger partial charge is 0.0499 e. The fourth-order valence-electron chi connectivity index (χ4n) is 2.35. The van der Waals surface area contributed by atoms with E-state index in [2.05, 4.69) is 18.9 Å². The summed E-state index contributed by atoms with van der Waals surface area (Å²) in [6.07, 6.45) is 6.40. The minimum Gasteiger partial charge on any atom is -0.396 e. The van der Waals surface area contributed by atoms with Gasteiger partial charge in [0.05, 0.1) is 0 Å². The Morgan fingerprint density at radius 1 is 1.23 bits per heavy atom. The van der Waals surface area contributed by atoms with Gasteiger partial charge in [-0.2, -0.15) is 0 Å². The van der Waals surface area contributed by atoms with E-state index in [-0.39, 0.29) is 5.41 Å². The van der Waals surface area contributed by atoms with Crippen molar-refractivity contribution < 1.29 is 5.11 Å². The molecule has 13 heavy (non-hydrogen) atoms. The molecule has 1 saturated carbocycles. The Bertz CT molecular complexity index is 141. The van der Waals surface area contributed by atoms with E-state index in [9.17, 15) is 5.11 Å². The van der Waals surface area contributed by atoms with Gasteiger partial charge in [-0.3, -0.25) is 0 Å². The van der Waals surface area contributed by atoms with Gasteiger partial charge in [-0.05, 0) is 26.4 Å². The topological polar surface area (TPSA) is 23.5 Å². The lowest BCUT2D eigenvalue weighted by Gasteiger charge is -2.38. The molecule has 0 atom stereocenters. The van der Waals surface area contributed by atoms with Crippen LogP contribution in [0.25, 0.3) is 0 Å². The second-order valence-corrected chi connectivity index (χ2v) is 4.55. The third-order valence-electron chi connectivity index (χ3n) is 3.39. The third kappa shape index (κ3) is 2.96. The van der Waals surface area contributed by atoms with Crippen LogP contribution in [-0.4, -0.2) is 36.8 Å². The number of nitrogens with zero attached hydrogens (tertiary/aromatic N) is 1. The van der Waals surface area contributed by atoms with Crippen molar-refractivity contribution in [3.63, 3.8) is 0 Å². The molecule has 0 aromatic carbocycles. The average molecular weight is 185 g/mol. The molecular weight excluding hydrogens is 162 g/mol. The molecule has 0 aromatic heterocycles. The SMILES string of the molecule is CCN(C)CC1(CO)CCCCC1. The summed E-state index contributed by atoms with van der Waals surface area (Å²) in [5.41, 5.74) is 0.225. The van der Waals surface area contributed by atoms with Gasteiger partial charge < -0.3 is 10.0 Å². The van der Waals surface area contributed by atoms with Gasteiger partial charge in [-0.1, -0.05) is 26.2 Å². The summed E-state index contributed by atoms with van der Waals surface area (Å²) in [5, 5.41) is 9.46. The Labute approximate surface area is 81.9 Å². The highest BCUT2D eigenvalue weighted by molar-refractivity contribution is 4.84. The van der Waals surface area contributed by atoms with Gasteiger partial charge in [0.1, 0.15) is 0 Å². The van der Waals surface area contributed by atoms with Crippen molar-refractivity contribution in [2.24, 2.45) is 5.41 Å². The van der Waals surface area contributed by atoms with Crippen LogP contribution in [0.4, 0.5) is 0 Å². The van der Waals surface area contributed by atoms with Crippen LogP contribution in [0.2, 0.25) is 0 Å². The molecule has 1 rings (SSSR count). The van der Waals surface area contributed by atoms with Crippen LogP contribution in [0.5, 0.6) is 0 Å². The van der Waals surface area contributed by atoms with Crippen LogP contribution in [0.3, 0.4) is 0 Å². The first-order valence-corrected chi connectivity index (χ1v) is 5.52. The zero-order valence-corrected chi connectivity index (χ0v) is 9.05. The van der Waals surface area contributed by atoms with E-state index in [1.807, 2.05) is 0 Å². The summed E-state index contributed by atoms with van der Waals surface area (Å²) in [6.45, 7) is 4.70. The van der Waals surface area contributed by atoms with Gasteiger partial charge in [-0.15, -0.1) is 0 Å². The summed E-state index contributed by atoms with van der Waals surface area (Å²) >= 11 is 0. The van der Waals surface area contributed by atoms with Crippen molar-refractivity contribution in [1.82, 2.24) is 4.90 Å².